The van der Waals surface area contributed by atoms with Gasteiger partial charge in [0.25, 0.3) is 0 Å². The number of nitrogens with zero attached hydrogens (tertiary/aromatic N) is 6. The van der Waals surface area contributed by atoms with Crippen LogP contribution in [-0.2, 0) is 4.79 Å². The molecule has 5 rings (SSSR count). The molecule has 0 aliphatic carbocycles. The van der Waals surface area contributed by atoms with Crippen molar-refractivity contribution in [2.45, 2.75) is 12.1 Å². The number of aromatic nitrogens is 6. The molecule has 3 aromatic heterocycles. The number of thioether (sulfide) groups is 1. The van der Waals surface area contributed by atoms with E-state index in [0.717, 1.165) is 34.1 Å². The molecule has 0 radical (unpaired) electrons. The summed E-state index contributed by atoms with van der Waals surface area (Å²) in [5.41, 5.74) is 4.67. The minimum absolute atomic E-state index is 0.141. The zero-order valence-corrected chi connectivity index (χ0v) is 19.7. The number of rotatable bonds is 6. The molecular formula is C22H16ClN7OS2. The van der Waals surface area contributed by atoms with Crippen molar-refractivity contribution in [3.05, 3.63) is 71.5 Å². The maximum atomic E-state index is 12.7. The number of hydrogen-bond donors (Lipinski definition) is 1. The van der Waals surface area contributed by atoms with Gasteiger partial charge < -0.3 is 5.32 Å². The monoisotopic (exact) mass is 493 g/mol. The summed E-state index contributed by atoms with van der Waals surface area (Å²) < 4.78 is 10.4. The van der Waals surface area contributed by atoms with Crippen molar-refractivity contribution in [1.29, 1.82) is 0 Å². The third-order valence-corrected chi connectivity index (χ3v) is 6.83. The molecule has 0 aliphatic rings. The largest absolute Gasteiger partial charge is 0.323 e. The summed E-state index contributed by atoms with van der Waals surface area (Å²) in [6.07, 6.45) is 3.40. The van der Waals surface area contributed by atoms with E-state index in [0.29, 0.717) is 27.2 Å². The number of pyridine rings is 1. The number of nitrogens with one attached hydrogen (secondary N) is 1. The fourth-order valence-electron chi connectivity index (χ4n) is 3.33. The van der Waals surface area contributed by atoms with E-state index < -0.39 is 0 Å². The fraction of sp³-hybridized carbons (Fsp3) is 0.0909. The quantitative estimate of drug-likeness (QED) is 0.331. The number of carbonyl (C=O) groups excluding carboxylic acids is 1. The minimum Gasteiger partial charge on any atom is -0.323 e. The van der Waals surface area contributed by atoms with Gasteiger partial charge in [-0.1, -0.05) is 35.5 Å². The van der Waals surface area contributed by atoms with Crippen molar-refractivity contribution < 1.29 is 4.79 Å². The molecular weight excluding hydrogens is 478 g/mol. The highest BCUT2D eigenvalue weighted by Crippen LogP contribution is 2.31. The molecule has 33 heavy (non-hydrogen) atoms. The first-order chi connectivity index (χ1) is 16.1. The van der Waals surface area contributed by atoms with Gasteiger partial charge in [0.15, 0.2) is 11.0 Å². The van der Waals surface area contributed by atoms with Crippen molar-refractivity contribution in [1.82, 2.24) is 28.5 Å². The summed E-state index contributed by atoms with van der Waals surface area (Å²) in [5.74, 6) is 0.606. The Morgan fingerprint density at radius 1 is 1.09 bits per heavy atom. The molecule has 0 saturated carbocycles. The van der Waals surface area contributed by atoms with Crippen LogP contribution in [0, 0.1) is 6.92 Å². The first-order valence-corrected chi connectivity index (χ1v) is 12.0. The topological polar surface area (TPSA) is 98.5 Å². The maximum Gasteiger partial charge on any atom is 0.234 e. The number of anilines is 1. The summed E-state index contributed by atoms with van der Waals surface area (Å²) in [7, 11) is 0. The van der Waals surface area contributed by atoms with Crippen molar-refractivity contribution in [2.24, 2.45) is 0 Å². The standard InChI is InChI=1S/C22H16ClN7OS2/c1-13-15(23)4-2-7-18(13)30-21(14-8-10-24-11-9-14)26-27-22(30)32-12-19(31)25-16-5-3-6-17-20(16)29-33-28-17/h2-11H,12H2,1H3,(H,25,31). The van der Waals surface area contributed by atoms with Crippen LogP contribution in [0.4, 0.5) is 5.69 Å². The highest BCUT2D eigenvalue weighted by molar-refractivity contribution is 7.99. The van der Waals surface area contributed by atoms with E-state index in [9.17, 15) is 4.79 Å². The smallest absolute Gasteiger partial charge is 0.234 e. The van der Waals surface area contributed by atoms with E-state index in [1.165, 1.54) is 11.8 Å². The summed E-state index contributed by atoms with van der Waals surface area (Å²) in [4.78, 5) is 16.8. The summed E-state index contributed by atoms with van der Waals surface area (Å²) in [6, 6.07) is 14.9. The number of carbonyl (C=O) groups is 1. The average molecular weight is 494 g/mol. The van der Waals surface area contributed by atoms with E-state index in [2.05, 4.69) is 29.2 Å². The average Bonchev–Trinajstić information content (AvgIpc) is 3.48. The molecule has 1 N–H and O–H groups in total. The van der Waals surface area contributed by atoms with Gasteiger partial charge in [-0.2, -0.15) is 8.75 Å². The Morgan fingerprint density at radius 2 is 1.91 bits per heavy atom. The van der Waals surface area contributed by atoms with Crippen molar-refractivity contribution >= 4 is 57.7 Å². The SMILES string of the molecule is Cc1c(Cl)cccc1-n1c(SCC(=O)Nc2cccc3nsnc23)nnc1-c1ccncc1. The van der Waals surface area contributed by atoms with E-state index in [1.807, 2.05) is 60.0 Å². The van der Waals surface area contributed by atoms with Crippen LogP contribution in [-0.4, -0.2) is 40.2 Å². The minimum atomic E-state index is -0.177. The van der Waals surface area contributed by atoms with Crippen LogP contribution in [0.25, 0.3) is 28.1 Å². The second-order valence-electron chi connectivity index (χ2n) is 7.04. The van der Waals surface area contributed by atoms with E-state index in [1.54, 1.807) is 12.4 Å². The molecule has 2 aromatic carbocycles. The maximum absolute atomic E-state index is 12.7. The number of fused-ring (bicyclic) bond motifs is 1. The first kappa shape index (κ1) is 21.5. The molecule has 0 atom stereocenters. The molecule has 5 aromatic rings. The Balaban J connectivity index is 1.44. The lowest BCUT2D eigenvalue weighted by Gasteiger charge is -2.14. The Bertz CT molecular complexity index is 1450. The van der Waals surface area contributed by atoms with Crippen molar-refractivity contribution in [3.8, 4) is 17.1 Å². The third-order valence-electron chi connectivity index (χ3n) is 4.94. The van der Waals surface area contributed by atoms with Gasteiger partial charge in [0.1, 0.15) is 11.0 Å². The Hall–Kier alpha value is -3.34. The van der Waals surface area contributed by atoms with Gasteiger partial charge in [-0.05, 0) is 48.9 Å². The lowest BCUT2D eigenvalue weighted by atomic mass is 10.2. The van der Waals surface area contributed by atoms with Gasteiger partial charge in [-0.25, -0.2) is 0 Å². The molecule has 0 fully saturated rings. The van der Waals surface area contributed by atoms with Gasteiger partial charge in [0.2, 0.25) is 5.91 Å². The molecule has 164 valence electrons. The number of halogens is 1. The van der Waals surface area contributed by atoms with Gasteiger partial charge in [0, 0.05) is 23.0 Å². The van der Waals surface area contributed by atoms with Crippen LogP contribution < -0.4 is 5.32 Å². The molecule has 0 spiro atoms. The summed E-state index contributed by atoms with van der Waals surface area (Å²) in [6.45, 7) is 1.94. The molecule has 0 aliphatic heterocycles. The Kier molecular flexibility index (Phi) is 6.03. The molecule has 11 heteroatoms. The van der Waals surface area contributed by atoms with E-state index >= 15 is 0 Å². The van der Waals surface area contributed by atoms with Gasteiger partial charge in [-0.3, -0.25) is 14.3 Å². The summed E-state index contributed by atoms with van der Waals surface area (Å²) in [5, 5.41) is 12.9. The van der Waals surface area contributed by atoms with Crippen LogP contribution in [0.1, 0.15) is 5.56 Å². The van der Waals surface area contributed by atoms with Gasteiger partial charge in [0.05, 0.1) is 28.9 Å². The van der Waals surface area contributed by atoms with E-state index in [-0.39, 0.29) is 11.7 Å². The number of benzene rings is 2. The lowest BCUT2D eigenvalue weighted by Crippen LogP contribution is -2.15. The lowest BCUT2D eigenvalue weighted by molar-refractivity contribution is -0.113. The first-order valence-electron chi connectivity index (χ1n) is 9.87. The Labute approximate surface area is 202 Å². The second kappa shape index (κ2) is 9.26. The number of amides is 1. The van der Waals surface area contributed by atoms with Crippen LogP contribution in [0.2, 0.25) is 5.02 Å². The fourth-order valence-corrected chi connectivity index (χ4v) is 4.79. The van der Waals surface area contributed by atoms with Crippen LogP contribution >= 0.6 is 35.1 Å². The van der Waals surface area contributed by atoms with Crippen LogP contribution in [0.5, 0.6) is 0 Å². The van der Waals surface area contributed by atoms with Crippen LogP contribution in [0.3, 0.4) is 0 Å². The van der Waals surface area contributed by atoms with Crippen molar-refractivity contribution in [3.63, 3.8) is 0 Å². The molecule has 0 saturated heterocycles. The highest BCUT2D eigenvalue weighted by atomic mass is 35.5. The normalized spacial score (nSPS) is 11.1. The molecule has 1 amide bonds. The molecule has 0 bridgehead atoms. The molecule has 8 nitrogen and oxygen atoms in total. The highest BCUT2D eigenvalue weighted by Gasteiger charge is 2.19. The second-order valence-corrected chi connectivity index (χ2v) is 8.91. The van der Waals surface area contributed by atoms with Gasteiger partial charge >= 0.3 is 0 Å². The van der Waals surface area contributed by atoms with Crippen LogP contribution in [0.15, 0.2) is 66.1 Å². The predicted molar refractivity (Wildman–Crippen MR) is 131 cm³/mol. The van der Waals surface area contributed by atoms with Crippen molar-refractivity contribution in [2.75, 3.05) is 11.1 Å². The Morgan fingerprint density at radius 3 is 2.76 bits per heavy atom. The van der Waals surface area contributed by atoms with E-state index in [4.69, 9.17) is 11.6 Å². The summed E-state index contributed by atoms with van der Waals surface area (Å²) >= 11 is 8.80. The van der Waals surface area contributed by atoms with Gasteiger partial charge in [-0.15, -0.1) is 10.2 Å². The molecule has 3 heterocycles. The zero-order chi connectivity index (χ0) is 22.8. The predicted octanol–water partition coefficient (Wildman–Crippen LogP) is 5.03. The number of hydrogen-bond acceptors (Lipinski definition) is 8. The molecule has 0 unspecified atom stereocenters. The zero-order valence-electron chi connectivity index (χ0n) is 17.3. The third kappa shape index (κ3) is 4.32.